The van der Waals surface area contributed by atoms with Crippen molar-refractivity contribution in [2.45, 2.75) is 33.3 Å². The zero-order valence-corrected chi connectivity index (χ0v) is 13.8. The van der Waals surface area contributed by atoms with E-state index in [2.05, 4.69) is 0 Å². The second kappa shape index (κ2) is 7.19. The zero-order valence-electron chi connectivity index (χ0n) is 10.6. The number of hydrogen-bond donors (Lipinski definition) is 0. The summed E-state index contributed by atoms with van der Waals surface area (Å²) < 4.78 is 42.9. The van der Waals surface area contributed by atoms with Crippen molar-refractivity contribution in [1.82, 2.24) is 0 Å². The van der Waals surface area contributed by atoms with Crippen LogP contribution in [0.1, 0.15) is 25.8 Å². The summed E-state index contributed by atoms with van der Waals surface area (Å²) in [4.78, 5) is 0. The second-order valence-electron chi connectivity index (χ2n) is 3.94. The van der Waals surface area contributed by atoms with Gasteiger partial charge >= 0.3 is 58.4 Å². The molecule has 0 saturated carbocycles. The van der Waals surface area contributed by atoms with E-state index in [9.17, 15) is 12.9 Å². The number of benzene rings is 1. The van der Waals surface area contributed by atoms with Gasteiger partial charge < -0.3 is 17.7 Å². The maximum atomic E-state index is 12.4. The summed E-state index contributed by atoms with van der Waals surface area (Å²) in [6.07, 6.45) is 0.839. The molecule has 17 heavy (non-hydrogen) atoms. The molecule has 0 aliphatic rings. The molecular weight excluding hydrogens is 255 g/mol. The molecule has 1 atom stereocenters. The van der Waals surface area contributed by atoms with Crippen LogP contribution in [-0.2, 0) is 0 Å². The van der Waals surface area contributed by atoms with Gasteiger partial charge in [-0.2, -0.15) is 0 Å². The van der Waals surface area contributed by atoms with E-state index in [-0.39, 0.29) is 57.5 Å². The number of halogens is 3. The summed E-state index contributed by atoms with van der Waals surface area (Å²) in [5.74, 6) is 0.526. The molecule has 1 aromatic rings. The van der Waals surface area contributed by atoms with Crippen molar-refractivity contribution in [3.05, 3.63) is 23.8 Å². The minimum absolute atomic E-state index is 0. The molecule has 0 aromatic heterocycles. The quantitative estimate of drug-likeness (QED) is 0.712. The van der Waals surface area contributed by atoms with Crippen LogP contribution in [-0.4, -0.2) is 13.1 Å². The van der Waals surface area contributed by atoms with Crippen LogP contribution in [0.2, 0.25) is 0 Å². The Balaban J connectivity index is 0.00000256. The second-order valence-corrected chi connectivity index (χ2v) is 3.94. The third-order valence-corrected chi connectivity index (χ3v) is 2.48. The van der Waals surface area contributed by atoms with E-state index >= 15 is 0 Å². The van der Waals surface area contributed by atoms with Crippen LogP contribution >= 0.6 is 0 Å². The van der Waals surface area contributed by atoms with Crippen molar-refractivity contribution in [3.8, 4) is 5.75 Å². The number of aryl methyl sites for hydroxylation is 1. The maximum absolute atomic E-state index is 12.4. The van der Waals surface area contributed by atoms with Gasteiger partial charge in [0.05, 0.1) is 6.10 Å². The van der Waals surface area contributed by atoms with Crippen LogP contribution in [0.3, 0.4) is 0 Å². The van der Waals surface area contributed by atoms with Crippen LogP contribution in [0.25, 0.3) is 0 Å². The van der Waals surface area contributed by atoms with Gasteiger partial charge in [-0.15, -0.1) is 5.46 Å². The molecule has 1 unspecified atom stereocenters. The van der Waals surface area contributed by atoms with Crippen LogP contribution in [0.5, 0.6) is 5.75 Å². The van der Waals surface area contributed by atoms with Gasteiger partial charge in [-0.3, -0.25) is 0 Å². The van der Waals surface area contributed by atoms with Crippen LogP contribution < -0.4 is 61.6 Å². The Morgan fingerprint density at radius 1 is 1.29 bits per heavy atom. The molecule has 1 rings (SSSR count). The van der Waals surface area contributed by atoms with Crippen molar-refractivity contribution in [2.75, 3.05) is 0 Å². The van der Waals surface area contributed by atoms with Crippen molar-refractivity contribution < 1.29 is 69.1 Å². The van der Waals surface area contributed by atoms with Gasteiger partial charge in [0.25, 0.3) is 0 Å². The fourth-order valence-corrected chi connectivity index (χ4v) is 1.31. The molecule has 0 radical (unpaired) electrons. The Morgan fingerprint density at radius 2 is 1.88 bits per heavy atom. The minimum Gasteiger partial charge on any atom is -0.490 e. The molecule has 0 fully saturated rings. The summed E-state index contributed by atoms with van der Waals surface area (Å²) in [6.45, 7) is 0.562. The first kappa shape index (κ1) is 17.5. The summed E-state index contributed by atoms with van der Waals surface area (Å²) in [7, 11) is 0. The van der Waals surface area contributed by atoms with E-state index in [4.69, 9.17) is 4.74 Å². The van der Waals surface area contributed by atoms with Crippen LogP contribution in [0.4, 0.5) is 12.9 Å². The molecule has 0 aliphatic heterocycles. The van der Waals surface area contributed by atoms with Crippen molar-refractivity contribution in [1.29, 1.82) is 0 Å². The van der Waals surface area contributed by atoms with E-state index in [0.717, 1.165) is 18.6 Å². The van der Waals surface area contributed by atoms with Gasteiger partial charge in [-0.05, 0) is 31.9 Å². The Morgan fingerprint density at radius 3 is 2.29 bits per heavy atom. The smallest absolute Gasteiger partial charge is 0.490 e. The van der Waals surface area contributed by atoms with Crippen molar-refractivity contribution in [2.24, 2.45) is 0 Å². The standard InChI is InChI=1S/C11H15BF3O.K/c1-4-9(3)16-11-6-5-10(7-8(11)2)12(13,14)15;/h5-7,9H,4H2,1-3H3;/q-1;+1. The molecule has 1 aromatic carbocycles. The molecule has 0 bridgehead atoms. The Hall–Kier alpha value is 0.511. The summed E-state index contributed by atoms with van der Waals surface area (Å²) in [6, 6.07) is 3.61. The van der Waals surface area contributed by atoms with Crippen molar-refractivity contribution in [3.63, 3.8) is 0 Å². The van der Waals surface area contributed by atoms with Gasteiger partial charge in [-0.1, -0.05) is 19.1 Å². The number of ether oxygens (including phenoxy) is 1. The van der Waals surface area contributed by atoms with Crippen LogP contribution in [0.15, 0.2) is 18.2 Å². The van der Waals surface area contributed by atoms with E-state index in [0.29, 0.717) is 11.3 Å². The van der Waals surface area contributed by atoms with E-state index < -0.39 is 12.4 Å². The van der Waals surface area contributed by atoms with Gasteiger partial charge in [0.2, 0.25) is 0 Å². The molecule has 6 heteroatoms. The molecule has 1 nitrogen and oxygen atoms in total. The van der Waals surface area contributed by atoms with E-state index in [1.807, 2.05) is 13.8 Å². The third kappa shape index (κ3) is 5.34. The van der Waals surface area contributed by atoms with E-state index in [1.54, 1.807) is 6.92 Å². The average Bonchev–Trinajstić information content (AvgIpc) is 2.19. The molecule has 0 heterocycles. The van der Waals surface area contributed by atoms with Crippen molar-refractivity contribution >= 4 is 12.4 Å². The topological polar surface area (TPSA) is 9.23 Å². The first-order chi connectivity index (χ1) is 7.34. The summed E-state index contributed by atoms with van der Waals surface area (Å²) in [5, 5.41) is 0. The normalized spacial score (nSPS) is 12.8. The van der Waals surface area contributed by atoms with Gasteiger partial charge in [-0.25, -0.2) is 0 Å². The molecule has 0 aliphatic carbocycles. The van der Waals surface area contributed by atoms with E-state index in [1.165, 1.54) is 6.07 Å². The fourth-order valence-electron chi connectivity index (χ4n) is 1.31. The molecule has 0 N–H and O–H groups in total. The Kier molecular flexibility index (Phi) is 7.40. The molecule has 0 amide bonds. The van der Waals surface area contributed by atoms with Crippen LogP contribution in [0, 0.1) is 6.92 Å². The Labute approximate surface area is 143 Å². The fraction of sp³-hybridized carbons (Fsp3) is 0.455. The number of hydrogen-bond acceptors (Lipinski definition) is 1. The van der Waals surface area contributed by atoms with Gasteiger partial charge in [0.15, 0.2) is 0 Å². The largest absolute Gasteiger partial charge is 1.00 e. The average molecular weight is 270 g/mol. The number of rotatable bonds is 4. The Bertz CT molecular complexity index is 368. The predicted octanol–water partition coefficient (Wildman–Crippen LogP) is 0.231. The molecule has 90 valence electrons. The predicted molar refractivity (Wildman–Crippen MR) is 60.3 cm³/mol. The molecule has 0 spiro atoms. The summed E-state index contributed by atoms with van der Waals surface area (Å²) in [5.41, 5.74) is -0.0500. The SMILES string of the molecule is CCC(C)Oc1ccc([B-](F)(F)F)cc1C.[K+]. The first-order valence-electron chi connectivity index (χ1n) is 5.31. The monoisotopic (exact) mass is 270 g/mol. The third-order valence-electron chi connectivity index (χ3n) is 2.48. The molecule has 0 saturated heterocycles. The minimum atomic E-state index is -4.92. The van der Waals surface area contributed by atoms with Gasteiger partial charge in [0.1, 0.15) is 5.75 Å². The first-order valence-corrected chi connectivity index (χ1v) is 5.31. The maximum Gasteiger partial charge on any atom is 1.00 e. The molecular formula is C11H15BF3KO. The summed E-state index contributed by atoms with van der Waals surface area (Å²) >= 11 is 0. The van der Waals surface area contributed by atoms with Gasteiger partial charge in [0, 0.05) is 0 Å². The zero-order chi connectivity index (χ0) is 12.3.